The largest absolute Gasteiger partial charge is 0.478 e. The summed E-state index contributed by atoms with van der Waals surface area (Å²) in [6.45, 7) is 4.15. The Morgan fingerprint density at radius 2 is 2.05 bits per heavy atom. The van der Waals surface area contributed by atoms with Crippen molar-refractivity contribution in [2.75, 3.05) is 5.32 Å². The fourth-order valence-electron chi connectivity index (χ4n) is 2.18. The van der Waals surface area contributed by atoms with Crippen LogP contribution in [0.5, 0.6) is 0 Å². The predicted molar refractivity (Wildman–Crippen MR) is 84.3 cm³/mol. The topological polar surface area (TPSA) is 62.2 Å². The maximum Gasteiger partial charge on any atom is 0.335 e. The standard InChI is InChI=1S/C17H20N2O2/c1-3-6-14-10-13(17(20)21)11-16(18-14)19-15-8-5-7-12(4-2)9-15/h5,7-11H,3-4,6H2,1-2H3,(H,18,19)(H,20,21). The van der Waals surface area contributed by atoms with Crippen LogP contribution in [0.4, 0.5) is 11.5 Å². The Morgan fingerprint density at radius 3 is 2.71 bits per heavy atom. The molecule has 0 aliphatic carbocycles. The molecule has 0 aliphatic heterocycles. The maximum absolute atomic E-state index is 11.2. The summed E-state index contributed by atoms with van der Waals surface area (Å²) in [4.78, 5) is 15.7. The molecule has 0 radical (unpaired) electrons. The number of carboxylic acid groups (broad SMARTS) is 1. The molecule has 4 nitrogen and oxygen atoms in total. The van der Waals surface area contributed by atoms with E-state index in [1.807, 2.05) is 19.1 Å². The third kappa shape index (κ3) is 4.05. The number of anilines is 2. The van der Waals surface area contributed by atoms with Crippen molar-refractivity contribution in [3.05, 3.63) is 53.2 Å². The highest BCUT2D eigenvalue weighted by atomic mass is 16.4. The lowest BCUT2D eigenvalue weighted by Crippen LogP contribution is -2.04. The molecule has 0 amide bonds. The Balaban J connectivity index is 2.31. The number of aromatic carboxylic acids is 1. The van der Waals surface area contributed by atoms with Gasteiger partial charge >= 0.3 is 5.97 Å². The highest BCUT2D eigenvalue weighted by Gasteiger charge is 2.08. The van der Waals surface area contributed by atoms with E-state index in [1.54, 1.807) is 12.1 Å². The molecule has 0 fully saturated rings. The molecule has 0 saturated heterocycles. The number of nitrogens with zero attached hydrogens (tertiary/aromatic N) is 1. The average molecular weight is 284 g/mol. The molecule has 1 aromatic carbocycles. The molecule has 4 heteroatoms. The molecule has 2 aromatic rings. The first-order valence-electron chi connectivity index (χ1n) is 7.22. The van der Waals surface area contributed by atoms with Crippen LogP contribution in [0.2, 0.25) is 0 Å². The summed E-state index contributed by atoms with van der Waals surface area (Å²) < 4.78 is 0. The summed E-state index contributed by atoms with van der Waals surface area (Å²) in [6, 6.07) is 11.3. The molecule has 2 rings (SSSR count). The predicted octanol–water partition coefficient (Wildman–Crippen LogP) is 4.04. The molecule has 110 valence electrons. The zero-order valence-corrected chi connectivity index (χ0v) is 12.4. The number of nitrogens with one attached hydrogen (secondary N) is 1. The number of hydrogen-bond donors (Lipinski definition) is 2. The van der Waals surface area contributed by atoms with Crippen molar-refractivity contribution in [2.45, 2.75) is 33.1 Å². The van der Waals surface area contributed by atoms with E-state index in [9.17, 15) is 9.90 Å². The Hall–Kier alpha value is -2.36. The van der Waals surface area contributed by atoms with Crippen LogP contribution in [0.25, 0.3) is 0 Å². The van der Waals surface area contributed by atoms with Gasteiger partial charge in [0.25, 0.3) is 0 Å². The first-order chi connectivity index (χ1) is 10.1. The number of pyridine rings is 1. The SMILES string of the molecule is CCCc1cc(C(=O)O)cc(Nc2cccc(CC)c2)n1. The highest BCUT2D eigenvalue weighted by Crippen LogP contribution is 2.19. The third-order valence-electron chi connectivity index (χ3n) is 3.24. The quantitative estimate of drug-likeness (QED) is 0.840. The molecule has 1 heterocycles. The minimum Gasteiger partial charge on any atom is -0.478 e. The smallest absolute Gasteiger partial charge is 0.335 e. The van der Waals surface area contributed by atoms with Crippen molar-refractivity contribution in [1.29, 1.82) is 0 Å². The molecule has 21 heavy (non-hydrogen) atoms. The molecular weight excluding hydrogens is 264 g/mol. The molecule has 2 N–H and O–H groups in total. The lowest BCUT2D eigenvalue weighted by atomic mass is 10.1. The lowest BCUT2D eigenvalue weighted by molar-refractivity contribution is 0.0696. The lowest BCUT2D eigenvalue weighted by Gasteiger charge is -2.10. The average Bonchev–Trinajstić information content (AvgIpc) is 2.47. The number of aryl methyl sites for hydroxylation is 2. The van der Waals surface area contributed by atoms with E-state index in [1.165, 1.54) is 5.56 Å². The summed E-state index contributed by atoms with van der Waals surface area (Å²) in [5.74, 6) is -0.355. The van der Waals surface area contributed by atoms with Crippen LogP contribution in [0, 0.1) is 0 Å². The van der Waals surface area contributed by atoms with Gasteiger partial charge in [-0.3, -0.25) is 0 Å². The summed E-state index contributed by atoms with van der Waals surface area (Å²) in [5, 5.41) is 12.4. The van der Waals surface area contributed by atoms with Crippen molar-refractivity contribution in [3.8, 4) is 0 Å². The maximum atomic E-state index is 11.2. The monoisotopic (exact) mass is 284 g/mol. The van der Waals surface area contributed by atoms with Crippen molar-refractivity contribution < 1.29 is 9.90 Å². The molecule has 0 bridgehead atoms. The summed E-state index contributed by atoms with van der Waals surface area (Å²) >= 11 is 0. The number of aromatic nitrogens is 1. The van der Waals surface area contributed by atoms with E-state index < -0.39 is 5.97 Å². The fourth-order valence-corrected chi connectivity index (χ4v) is 2.18. The van der Waals surface area contributed by atoms with Gasteiger partial charge in [0, 0.05) is 11.4 Å². The molecule has 0 aliphatic rings. The van der Waals surface area contributed by atoms with Gasteiger partial charge in [0.15, 0.2) is 0 Å². The van der Waals surface area contributed by atoms with Gasteiger partial charge < -0.3 is 10.4 Å². The van der Waals surface area contributed by atoms with E-state index in [4.69, 9.17) is 0 Å². The molecule has 1 aromatic heterocycles. The Labute approximate surface area is 124 Å². The number of hydrogen-bond acceptors (Lipinski definition) is 3. The van der Waals surface area contributed by atoms with Gasteiger partial charge in [0.2, 0.25) is 0 Å². The number of carbonyl (C=O) groups is 1. The van der Waals surface area contributed by atoms with E-state index >= 15 is 0 Å². The molecule has 0 spiro atoms. The summed E-state index contributed by atoms with van der Waals surface area (Å²) in [6.07, 6.45) is 2.66. The van der Waals surface area contributed by atoms with E-state index in [-0.39, 0.29) is 5.56 Å². The second-order valence-electron chi connectivity index (χ2n) is 4.97. The molecule has 0 unspecified atom stereocenters. The Morgan fingerprint density at radius 1 is 1.24 bits per heavy atom. The van der Waals surface area contributed by atoms with E-state index in [0.717, 1.165) is 30.6 Å². The number of rotatable bonds is 6. The van der Waals surface area contributed by atoms with Crippen LogP contribution in [-0.2, 0) is 12.8 Å². The van der Waals surface area contributed by atoms with Crippen molar-refractivity contribution in [3.63, 3.8) is 0 Å². The number of carboxylic acids is 1. The molecule has 0 atom stereocenters. The minimum absolute atomic E-state index is 0.266. The summed E-state index contributed by atoms with van der Waals surface area (Å²) in [7, 11) is 0. The minimum atomic E-state index is -0.930. The van der Waals surface area contributed by atoms with Crippen LogP contribution >= 0.6 is 0 Å². The van der Waals surface area contributed by atoms with Crippen LogP contribution in [0.1, 0.15) is 41.9 Å². The van der Waals surface area contributed by atoms with Gasteiger partial charge in [-0.15, -0.1) is 0 Å². The first kappa shape index (κ1) is 15.0. The molecular formula is C17H20N2O2. The zero-order chi connectivity index (χ0) is 15.2. The van der Waals surface area contributed by atoms with Gasteiger partial charge in [-0.25, -0.2) is 9.78 Å². The van der Waals surface area contributed by atoms with Gasteiger partial charge in [-0.05, 0) is 42.7 Å². The first-order valence-corrected chi connectivity index (χ1v) is 7.22. The van der Waals surface area contributed by atoms with Crippen molar-refractivity contribution >= 4 is 17.5 Å². The Bertz CT molecular complexity index is 638. The van der Waals surface area contributed by atoms with Crippen molar-refractivity contribution in [1.82, 2.24) is 4.98 Å². The second kappa shape index (κ2) is 6.88. The van der Waals surface area contributed by atoms with Gasteiger partial charge in [-0.2, -0.15) is 0 Å². The summed E-state index contributed by atoms with van der Waals surface area (Å²) in [5.41, 5.74) is 3.21. The van der Waals surface area contributed by atoms with Gasteiger partial charge in [0.1, 0.15) is 5.82 Å². The van der Waals surface area contributed by atoms with Crippen molar-refractivity contribution in [2.24, 2.45) is 0 Å². The highest BCUT2D eigenvalue weighted by molar-refractivity contribution is 5.88. The van der Waals surface area contributed by atoms with E-state index in [0.29, 0.717) is 5.82 Å². The van der Waals surface area contributed by atoms with Gasteiger partial charge in [0.05, 0.1) is 5.56 Å². The van der Waals surface area contributed by atoms with Crippen LogP contribution in [0.15, 0.2) is 36.4 Å². The Kier molecular flexibility index (Phi) is 4.93. The zero-order valence-electron chi connectivity index (χ0n) is 12.4. The van der Waals surface area contributed by atoms with Crippen LogP contribution in [0.3, 0.4) is 0 Å². The third-order valence-corrected chi connectivity index (χ3v) is 3.24. The number of benzene rings is 1. The normalized spacial score (nSPS) is 10.4. The second-order valence-corrected chi connectivity index (χ2v) is 4.97. The van der Waals surface area contributed by atoms with Crippen LogP contribution in [-0.4, -0.2) is 16.1 Å². The van der Waals surface area contributed by atoms with Gasteiger partial charge in [-0.1, -0.05) is 32.4 Å². The van der Waals surface area contributed by atoms with Crippen LogP contribution < -0.4 is 5.32 Å². The fraction of sp³-hybridized carbons (Fsp3) is 0.294. The van der Waals surface area contributed by atoms with E-state index in [2.05, 4.69) is 29.4 Å². The molecule has 0 saturated carbocycles.